The van der Waals surface area contributed by atoms with Crippen LogP contribution in [-0.2, 0) is 12.8 Å². The first kappa shape index (κ1) is 22.1. The van der Waals surface area contributed by atoms with Gasteiger partial charge in [0.05, 0.1) is 0 Å². The van der Waals surface area contributed by atoms with Gasteiger partial charge in [0.1, 0.15) is 0 Å². The van der Waals surface area contributed by atoms with Crippen molar-refractivity contribution in [3.63, 3.8) is 0 Å². The molecule has 0 fully saturated rings. The Kier molecular flexibility index (Phi) is 5.69. The summed E-state index contributed by atoms with van der Waals surface area (Å²) >= 11 is 0. The molecule has 3 aliphatic carbocycles. The van der Waals surface area contributed by atoms with Gasteiger partial charge in [-0.25, -0.2) is 0 Å². The summed E-state index contributed by atoms with van der Waals surface area (Å²) in [5, 5.41) is 0. The molecule has 0 saturated carbocycles. The summed E-state index contributed by atoms with van der Waals surface area (Å²) in [6.07, 6.45) is 9.09. The number of allylic oxidation sites excluding steroid dienone is 7. The Balaban J connectivity index is 1.48. The zero-order chi connectivity index (χ0) is 23.9. The van der Waals surface area contributed by atoms with Crippen LogP contribution in [0.3, 0.4) is 0 Å². The van der Waals surface area contributed by atoms with E-state index in [1.54, 1.807) is 16.7 Å². The summed E-state index contributed by atoms with van der Waals surface area (Å²) in [5.74, 6) is 1.31. The number of hydrogen-bond acceptors (Lipinski definition) is 0. The highest BCUT2D eigenvalue weighted by molar-refractivity contribution is 5.79. The van der Waals surface area contributed by atoms with Gasteiger partial charge < -0.3 is 0 Å². The summed E-state index contributed by atoms with van der Waals surface area (Å²) < 4.78 is 0. The largest absolute Gasteiger partial charge is 0.0992 e. The van der Waals surface area contributed by atoms with E-state index in [1.165, 1.54) is 39.0 Å². The molecule has 0 heterocycles. The van der Waals surface area contributed by atoms with Gasteiger partial charge in [0.2, 0.25) is 0 Å². The topological polar surface area (TPSA) is 0 Å². The second kappa shape index (κ2) is 9.00. The Morgan fingerprint density at radius 3 is 2.40 bits per heavy atom. The molecule has 0 amide bonds. The number of hydrogen-bond donors (Lipinski definition) is 0. The Hall–Kier alpha value is -3.38. The summed E-state index contributed by atoms with van der Waals surface area (Å²) in [6, 6.07) is 29.4. The van der Waals surface area contributed by atoms with Gasteiger partial charge in [-0.2, -0.15) is 0 Å². The van der Waals surface area contributed by atoms with Crippen molar-refractivity contribution >= 4 is 5.57 Å². The van der Waals surface area contributed by atoms with Gasteiger partial charge in [-0.05, 0) is 89.0 Å². The lowest BCUT2D eigenvalue weighted by Gasteiger charge is -2.46. The monoisotopic (exact) mass is 454 g/mol. The van der Waals surface area contributed by atoms with E-state index in [0.717, 1.165) is 25.7 Å². The molecule has 0 nitrogen and oxygen atoms in total. The molecule has 3 aliphatic rings. The Morgan fingerprint density at radius 2 is 1.63 bits per heavy atom. The van der Waals surface area contributed by atoms with Crippen LogP contribution in [0.5, 0.6) is 0 Å². The molecule has 6 rings (SSSR count). The van der Waals surface area contributed by atoms with E-state index in [0.29, 0.717) is 17.8 Å². The molecule has 0 bridgehead atoms. The van der Waals surface area contributed by atoms with Crippen LogP contribution in [0, 0.1) is 5.92 Å². The van der Waals surface area contributed by atoms with Crippen LogP contribution in [0.2, 0.25) is 0 Å². The predicted octanol–water partition coefficient (Wildman–Crippen LogP) is 8.98. The maximum atomic E-state index is 4.70. The van der Waals surface area contributed by atoms with Crippen LogP contribution in [0.4, 0.5) is 0 Å². The van der Waals surface area contributed by atoms with Gasteiger partial charge in [0.15, 0.2) is 0 Å². The second-order valence-corrected chi connectivity index (χ2v) is 10.5. The Bertz CT molecular complexity index is 1360. The van der Waals surface area contributed by atoms with Gasteiger partial charge >= 0.3 is 0 Å². The van der Waals surface area contributed by atoms with E-state index < -0.39 is 0 Å². The minimum Gasteiger partial charge on any atom is -0.0992 e. The fraction of sp³-hybridized carbons (Fsp3) is 0.257. The van der Waals surface area contributed by atoms with Crippen LogP contribution in [0.1, 0.15) is 66.3 Å². The molecule has 0 aliphatic heterocycles. The lowest BCUT2D eigenvalue weighted by Crippen LogP contribution is -2.33. The molecule has 0 N–H and O–H groups in total. The molecule has 35 heavy (non-hydrogen) atoms. The minimum atomic E-state index is 0.357. The third kappa shape index (κ3) is 3.86. The lowest BCUT2D eigenvalue weighted by molar-refractivity contribution is 0.383. The molecule has 0 aromatic heterocycles. The van der Waals surface area contributed by atoms with Crippen LogP contribution in [-0.4, -0.2) is 0 Å². The zero-order valence-corrected chi connectivity index (χ0v) is 20.9. The molecule has 0 radical (unpaired) electrons. The molecule has 0 spiro atoms. The smallest absolute Gasteiger partial charge is 0.0163 e. The fourth-order valence-corrected chi connectivity index (χ4v) is 6.84. The Morgan fingerprint density at radius 1 is 0.886 bits per heavy atom. The average molecular weight is 455 g/mol. The highest BCUT2D eigenvalue weighted by Gasteiger charge is 2.43. The van der Waals surface area contributed by atoms with Crippen molar-refractivity contribution in [1.82, 2.24) is 0 Å². The SMILES string of the molecule is C=C1Cc2ccccc2C2CC(C)=C(C3=CC(c4ccccc4)=CC3)C(c3ccc(CC)cc3)C12. The molecule has 3 aromatic carbocycles. The first-order valence-electron chi connectivity index (χ1n) is 13.1. The van der Waals surface area contributed by atoms with Gasteiger partial charge in [0, 0.05) is 5.92 Å². The van der Waals surface area contributed by atoms with Crippen LogP contribution < -0.4 is 0 Å². The third-order valence-corrected chi connectivity index (χ3v) is 8.50. The van der Waals surface area contributed by atoms with E-state index in [-0.39, 0.29) is 0 Å². The van der Waals surface area contributed by atoms with Crippen LogP contribution >= 0.6 is 0 Å². The molecule has 3 atom stereocenters. The van der Waals surface area contributed by atoms with E-state index in [9.17, 15) is 0 Å². The van der Waals surface area contributed by atoms with E-state index >= 15 is 0 Å². The maximum Gasteiger partial charge on any atom is 0.0163 e. The van der Waals surface area contributed by atoms with Crippen molar-refractivity contribution < 1.29 is 0 Å². The number of fused-ring (bicyclic) bond motifs is 3. The Labute approximate surface area is 210 Å². The van der Waals surface area contributed by atoms with Gasteiger partial charge in [0.25, 0.3) is 0 Å². The van der Waals surface area contributed by atoms with E-state index in [2.05, 4.69) is 105 Å². The minimum absolute atomic E-state index is 0.357. The molecule has 0 saturated heterocycles. The molecule has 3 aromatic rings. The van der Waals surface area contributed by atoms with Gasteiger partial charge in [-0.3, -0.25) is 0 Å². The van der Waals surface area contributed by atoms with Gasteiger partial charge in [-0.15, -0.1) is 0 Å². The first-order valence-corrected chi connectivity index (χ1v) is 13.1. The van der Waals surface area contributed by atoms with Crippen LogP contribution in [0.15, 0.2) is 120 Å². The fourth-order valence-electron chi connectivity index (χ4n) is 6.84. The highest BCUT2D eigenvalue weighted by atomic mass is 14.5. The number of aryl methyl sites for hydroxylation is 1. The van der Waals surface area contributed by atoms with Crippen molar-refractivity contribution in [2.75, 3.05) is 0 Å². The number of benzene rings is 3. The van der Waals surface area contributed by atoms with Crippen molar-refractivity contribution in [1.29, 1.82) is 0 Å². The van der Waals surface area contributed by atoms with E-state index in [1.807, 2.05) is 0 Å². The van der Waals surface area contributed by atoms with Gasteiger partial charge in [-0.1, -0.05) is 116 Å². The summed E-state index contributed by atoms with van der Waals surface area (Å²) in [6.45, 7) is 9.33. The molecule has 174 valence electrons. The summed E-state index contributed by atoms with van der Waals surface area (Å²) in [5.41, 5.74) is 14.6. The van der Waals surface area contributed by atoms with Crippen LogP contribution in [0.25, 0.3) is 5.57 Å². The lowest BCUT2D eigenvalue weighted by atomic mass is 9.58. The van der Waals surface area contributed by atoms with Crippen molar-refractivity contribution in [2.24, 2.45) is 5.92 Å². The normalized spacial score (nSPS) is 23.5. The third-order valence-electron chi connectivity index (χ3n) is 8.50. The summed E-state index contributed by atoms with van der Waals surface area (Å²) in [7, 11) is 0. The molecule has 3 unspecified atom stereocenters. The highest BCUT2D eigenvalue weighted by Crippen LogP contribution is 2.57. The molecular formula is C35H34. The number of rotatable bonds is 4. The first-order chi connectivity index (χ1) is 17.1. The quantitative estimate of drug-likeness (QED) is 0.345. The summed E-state index contributed by atoms with van der Waals surface area (Å²) in [4.78, 5) is 0. The predicted molar refractivity (Wildman–Crippen MR) is 149 cm³/mol. The van der Waals surface area contributed by atoms with Crippen molar-refractivity contribution in [3.8, 4) is 0 Å². The van der Waals surface area contributed by atoms with Crippen molar-refractivity contribution in [3.05, 3.63) is 148 Å². The standard InChI is InChI=1S/C35H34/c1-4-25-14-16-27(17-15-25)35-33(30-19-18-28(22-30)26-10-6-5-7-11-26)24(3)21-32-31-13-9-8-12-29(31)20-23(2)34(32)35/h5-18,22,32,34-35H,2,4,19-21H2,1,3H3. The second-order valence-electron chi connectivity index (χ2n) is 10.5. The zero-order valence-electron chi connectivity index (χ0n) is 20.9. The average Bonchev–Trinajstić information content (AvgIpc) is 3.38. The van der Waals surface area contributed by atoms with E-state index in [4.69, 9.17) is 6.58 Å². The molecular weight excluding hydrogens is 420 g/mol. The maximum absolute atomic E-state index is 4.70. The van der Waals surface area contributed by atoms with Crippen molar-refractivity contribution in [2.45, 2.75) is 51.4 Å². The molecule has 0 heteroatoms.